The molecule has 0 spiro atoms. The van der Waals surface area contributed by atoms with Crippen molar-refractivity contribution >= 4 is 21.8 Å². The summed E-state index contributed by atoms with van der Waals surface area (Å²) < 4.78 is 27.2. The van der Waals surface area contributed by atoms with Crippen molar-refractivity contribution in [2.75, 3.05) is 13.6 Å². The highest BCUT2D eigenvalue weighted by Crippen LogP contribution is 2.20. The van der Waals surface area contributed by atoms with E-state index in [1.807, 2.05) is 45.0 Å². The minimum atomic E-state index is -3.85. The molecule has 1 saturated carbocycles. The van der Waals surface area contributed by atoms with Crippen LogP contribution >= 0.6 is 0 Å². The van der Waals surface area contributed by atoms with Gasteiger partial charge in [-0.25, -0.2) is 8.42 Å². The van der Waals surface area contributed by atoms with E-state index >= 15 is 0 Å². The van der Waals surface area contributed by atoms with E-state index in [9.17, 15) is 18.0 Å². The predicted octanol–water partition coefficient (Wildman–Crippen LogP) is 3.79. The fourth-order valence-corrected chi connectivity index (χ4v) is 5.67. The molecule has 1 atom stereocenters. The number of carbonyl (C=O) groups is 2. The maximum atomic E-state index is 13.6. The Bertz CT molecular complexity index is 1130. The average Bonchev–Trinajstić information content (AvgIpc) is 3.32. The molecule has 0 bridgehead atoms. The third-order valence-electron chi connectivity index (χ3n) is 6.61. The fourth-order valence-electron chi connectivity index (χ4n) is 4.55. The van der Waals surface area contributed by atoms with Crippen LogP contribution in [0, 0.1) is 13.8 Å². The lowest BCUT2D eigenvalue weighted by Gasteiger charge is -2.32. The lowest BCUT2D eigenvalue weighted by atomic mass is 10.1. The second-order valence-corrected chi connectivity index (χ2v) is 11.5. The zero-order valence-corrected chi connectivity index (χ0v) is 22.0. The van der Waals surface area contributed by atoms with Crippen molar-refractivity contribution in [1.82, 2.24) is 14.5 Å². The lowest BCUT2D eigenvalue weighted by Crippen LogP contribution is -2.53. The maximum absolute atomic E-state index is 13.6. The van der Waals surface area contributed by atoms with Crippen molar-refractivity contribution in [1.29, 1.82) is 0 Å². The highest BCUT2D eigenvalue weighted by Gasteiger charge is 2.33. The Hall–Kier alpha value is -2.71. The van der Waals surface area contributed by atoms with Crippen molar-refractivity contribution < 1.29 is 18.0 Å². The third-order valence-corrected chi connectivity index (χ3v) is 8.43. The van der Waals surface area contributed by atoms with Gasteiger partial charge in [-0.2, -0.15) is 4.31 Å². The summed E-state index contributed by atoms with van der Waals surface area (Å²) in [5, 5.41) is 3.11. The molecule has 0 aromatic heterocycles. The smallest absolute Gasteiger partial charge is 0.243 e. The van der Waals surface area contributed by atoms with Crippen molar-refractivity contribution in [3.63, 3.8) is 0 Å². The van der Waals surface area contributed by atoms with Crippen molar-refractivity contribution in [3.05, 3.63) is 65.2 Å². The molecule has 2 aromatic rings. The number of aryl methyl sites for hydroxylation is 2. The van der Waals surface area contributed by atoms with E-state index in [-0.39, 0.29) is 29.9 Å². The molecular weight excluding hydrogens is 462 g/mol. The Balaban J connectivity index is 1.84. The number of sulfonamides is 1. The summed E-state index contributed by atoms with van der Waals surface area (Å²) in [6, 6.07) is 13.8. The van der Waals surface area contributed by atoms with Gasteiger partial charge < -0.3 is 10.2 Å². The van der Waals surface area contributed by atoms with Gasteiger partial charge in [-0.05, 0) is 50.8 Å². The first-order valence-electron chi connectivity index (χ1n) is 12.3. The maximum Gasteiger partial charge on any atom is 0.243 e. The van der Waals surface area contributed by atoms with Gasteiger partial charge in [0, 0.05) is 19.6 Å². The van der Waals surface area contributed by atoms with Gasteiger partial charge in [0.15, 0.2) is 0 Å². The number of amides is 2. The Morgan fingerprint density at radius 1 is 1.03 bits per heavy atom. The highest BCUT2D eigenvalue weighted by atomic mass is 32.2. The van der Waals surface area contributed by atoms with E-state index in [1.54, 1.807) is 24.3 Å². The SMILES string of the molecule is CC[C@H](C(=O)NC1CCCC1)N(Cc1cccc(C)c1)C(=O)CN(C)S(=O)(=O)c1ccc(C)cc1. The molecule has 1 aliphatic rings. The number of hydrogen-bond donors (Lipinski definition) is 1. The Morgan fingerprint density at radius 3 is 2.29 bits per heavy atom. The molecule has 0 heterocycles. The second kappa shape index (κ2) is 11.8. The van der Waals surface area contributed by atoms with E-state index in [2.05, 4.69) is 5.32 Å². The van der Waals surface area contributed by atoms with Crippen LogP contribution in [-0.2, 0) is 26.2 Å². The summed E-state index contributed by atoms with van der Waals surface area (Å²) in [5.41, 5.74) is 2.90. The number of carbonyl (C=O) groups excluding carboxylic acids is 2. The van der Waals surface area contributed by atoms with Gasteiger partial charge in [0.05, 0.1) is 11.4 Å². The summed E-state index contributed by atoms with van der Waals surface area (Å²) in [6.45, 7) is 5.61. The van der Waals surface area contributed by atoms with Gasteiger partial charge in [-0.3, -0.25) is 9.59 Å². The van der Waals surface area contributed by atoms with Crippen LogP contribution in [0.5, 0.6) is 0 Å². The fraction of sp³-hybridized carbons (Fsp3) is 0.481. The lowest BCUT2D eigenvalue weighted by molar-refractivity contribution is -0.141. The van der Waals surface area contributed by atoms with E-state index < -0.39 is 22.0 Å². The number of nitrogens with zero attached hydrogens (tertiary/aromatic N) is 2. The van der Waals surface area contributed by atoms with E-state index in [1.165, 1.54) is 11.9 Å². The van der Waals surface area contributed by atoms with Gasteiger partial charge >= 0.3 is 0 Å². The van der Waals surface area contributed by atoms with E-state index in [4.69, 9.17) is 0 Å². The molecule has 2 aromatic carbocycles. The minimum Gasteiger partial charge on any atom is -0.352 e. The zero-order chi connectivity index (χ0) is 25.6. The molecule has 2 amide bonds. The molecule has 0 radical (unpaired) electrons. The van der Waals surface area contributed by atoms with Gasteiger partial charge in [0.2, 0.25) is 21.8 Å². The summed E-state index contributed by atoms with van der Waals surface area (Å²) in [5.74, 6) is -0.581. The Kier molecular flexibility index (Phi) is 9.08. The van der Waals surface area contributed by atoms with Crippen LogP contribution in [0.25, 0.3) is 0 Å². The summed E-state index contributed by atoms with van der Waals surface area (Å²) >= 11 is 0. The number of benzene rings is 2. The van der Waals surface area contributed by atoms with Crippen molar-refractivity contribution in [2.24, 2.45) is 0 Å². The van der Waals surface area contributed by atoms with Crippen LogP contribution in [0.1, 0.15) is 55.7 Å². The normalized spacial score (nSPS) is 15.2. The topological polar surface area (TPSA) is 86.8 Å². The molecule has 35 heavy (non-hydrogen) atoms. The minimum absolute atomic E-state index is 0.134. The summed E-state index contributed by atoms with van der Waals surface area (Å²) in [7, 11) is -2.45. The average molecular weight is 500 g/mol. The monoisotopic (exact) mass is 499 g/mol. The first-order chi connectivity index (χ1) is 16.6. The Morgan fingerprint density at radius 2 is 1.69 bits per heavy atom. The Labute approximate surface area is 209 Å². The van der Waals surface area contributed by atoms with Crippen LogP contribution in [0.3, 0.4) is 0 Å². The molecule has 1 fully saturated rings. The van der Waals surface area contributed by atoms with Gasteiger partial charge in [-0.1, -0.05) is 67.3 Å². The zero-order valence-electron chi connectivity index (χ0n) is 21.2. The summed E-state index contributed by atoms with van der Waals surface area (Å²) in [4.78, 5) is 28.5. The number of likely N-dealkylation sites (N-methyl/N-ethyl adjacent to an activating group) is 1. The molecule has 7 nitrogen and oxygen atoms in total. The van der Waals surface area contributed by atoms with Crippen LogP contribution in [0.15, 0.2) is 53.4 Å². The molecule has 190 valence electrons. The predicted molar refractivity (Wildman–Crippen MR) is 137 cm³/mol. The second-order valence-electron chi connectivity index (χ2n) is 9.50. The van der Waals surface area contributed by atoms with Crippen LogP contribution in [0.2, 0.25) is 0 Å². The molecule has 1 N–H and O–H groups in total. The van der Waals surface area contributed by atoms with Crippen molar-refractivity contribution in [3.8, 4) is 0 Å². The van der Waals surface area contributed by atoms with E-state index in [0.29, 0.717) is 6.42 Å². The molecular formula is C27H37N3O4S. The van der Waals surface area contributed by atoms with Crippen LogP contribution in [0.4, 0.5) is 0 Å². The highest BCUT2D eigenvalue weighted by molar-refractivity contribution is 7.89. The van der Waals surface area contributed by atoms with Gasteiger partial charge in [0.25, 0.3) is 0 Å². The largest absolute Gasteiger partial charge is 0.352 e. The molecule has 0 unspecified atom stereocenters. The molecule has 8 heteroatoms. The summed E-state index contributed by atoms with van der Waals surface area (Å²) in [6.07, 6.45) is 4.52. The number of hydrogen-bond acceptors (Lipinski definition) is 4. The van der Waals surface area contributed by atoms with Gasteiger partial charge in [-0.15, -0.1) is 0 Å². The quantitative estimate of drug-likeness (QED) is 0.539. The first kappa shape index (κ1) is 26.9. The van der Waals surface area contributed by atoms with E-state index in [0.717, 1.165) is 46.7 Å². The molecule has 3 rings (SSSR count). The number of nitrogens with one attached hydrogen (secondary N) is 1. The molecule has 0 aliphatic heterocycles. The third kappa shape index (κ3) is 6.92. The first-order valence-corrected chi connectivity index (χ1v) is 13.7. The molecule has 0 saturated heterocycles. The van der Waals surface area contributed by atoms with Crippen LogP contribution in [-0.4, -0.2) is 55.1 Å². The van der Waals surface area contributed by atoms with Crippen molar-refractivity contribution in [2.45, 2.75) is 76.4 Å². The standard InChI is InChI=1S/C27H37N3O4S/c1-5-25(27(32)28-23-11-6-7-12-23)30(18-22-10-8-9-21(3)17-22)26(31)19-29(4)35(33,34)24-15-13-20(2)14-16-24/h8-10,13-17,23,25H,5-7,11-12,18-19H2,1-4H3,(H,28,32)/t25-/m1/s1. The van der Waals surface area contributed by atoms with Crippen LogP contribution < -0.4 is 5.32 Å². The molecule has 1 aliphatic carbocycles. The number of rotatable bonds is 10. The van der Waals surface area contributed by atoms with Gasteiger partial charge in [0.1, 0.15) is 6.04 Å².